The molecule has 0 aromatic heterocycles. The van der Waals surface area contributed by atoms with Crippen LogP contribution in [-0.4, -0.2) is 22.3 Å². The van der Waals surface area contributed by atoms with Crippen LogP contribution in [0.15, 0.2) is 6.07 Å². The van der Waals surface area contributed by atoms with Crippen molar-refractivity contribution in [2.45, 2.75) is 45.3 Å². The van der Waals surface area contributed by atoms with Crippen LogP contribution >= 0.6 is 0 Å². The van der Waals surface area contributed by atoms with Gasteiger partial charge in [-0.2, -0.15) is 0 Å². The Hall–Kier alpha value is -1.21. The number of fused-ring (bicyclic) bond motifs is 1. The molecule has 1 aliphatic rings. The second-order valence-electron chi connectivity index (χ2n) is 6.09. The normalized spacial score (nSPS) is 11.2. The van der Waals surface area contributed by atoms with Crippen LogP contribution in [-0.2, 0) is 44.2 Å². The van der Waals surface area contributed by atoms with Crippen molar-refractivity contribution in [3.8, 4) is 11.5 Å². The average Bonchev–Trinajstić information content (AvgIpc) is 2.64. The van der Waals surface area contributed by atoms with Gasteiger partial charge in [0.25, 0.3) is 0 Å². The Balaban J connectivity index is -0.000000626. The molecular formula is C18H24CrO5Si. The van der Waals surface area contributed by atoms with Crippen LogP contribution in [0.3, 0.4) is 0 Å². The van der Waals surface area contributed by atoms with Crippen molar-refractivity contribution in [3.63, 3.8) is 0 Å². The third-order valence-corrected chi connectivity index (χ3v) is 5.76. The van der Waals surface area contributed by atoms with E-state index >= 15 is 0 Å². The molecule has 0 amide bonds. The number of hydrogen-bond acceptors (Lipinski definition) is 2. The fraction of sp³-hybridized carbons (Fsp3) is 0.500. The van der Waals surface area contributed by atoms with Crippen LogP contribution < -0.4 is 14.7 Å². The quantitative estimate of drug-likeness (QED) is 0.444. The Morgan fingerprint density at radius 2 is 1.28 bits per heavy atom. The van der Waals surface area contributed by atoms with Crippen LogP contribution in [0.25, 0.3) is 0 Å². The Bertz CT molecular complexity index is 559. The molecule has 0 saturated carbocycles. The summed E-state index contributed by atoms with van der Waals surface area (Å²) >= 11 is 0. The first-order valence-electron chi connectivity index (χ1n) is 7.37. The monoisotopic (exact) mass is 400 g/mol. The van der Waals surface area contributed by atoms with Gasteiger partial charge < -0.3 is 9.47 Å². The van der Waals surface area contributed by atoms with Gasteiger partial charge in [-0.1, -0.05) is 25.7 Å². The molecule has 0 atom stereocenters. The minimum atomic E-state index is -1.41. The summed E-state index contributed by atoms with van der Waals surface area (Å²) in [6.07, 6.45) is 4.88. The third-order valence-electron chi connectivity index (χ3n) is 3.77. The summed E-state index contributed by atoms with van der Waals surface area (Å²) in [5.74, 6) is 1.98. The Labute approximate surface area is 162 Å². The molecular weight excluding hydrogens is 376 g/mol. The molecule has 5 nitrogen and oxygen atoms in total. The van der Waals surface area contributed by atoms with Crippen LogP contribution in [0.2, 0.25) is 19.6 Å². The molecule has 0 radical (unpaired) electrons. The predicted octanol–water partition coefficient (Wildman–Crippen LogP) is 3.01. The van der Waals surface area contributed by atoms with Crippen LogP contribution in [0.5, 0.6) is 11.5 Å². The van der Waals surface area contributed by atoms with Crippen molar-refractivity contribution in [3.05, 3.63) is 37.1 Å². The summed E-state index contributed by atoms with van der Waals surface area (Å²) in [4.78, 5) is 0. The number of ether oxygens (including phenoxy) is 2. The molecule has 1 aliphatic carbocycles. The maximum atomic E-state index is 7.50. The van der Waals surface area contributed by atoms with Gasteiger partial charge >= 0.3 is 33.9 Å². The maximum Gasteiger partial charge on any atom is 0 e. The van der Waals surface area contributed by atoms with Crippen molar-refractivity contribution >= 4 is 13.3 Å². The van der Waals surface area contributed by atoms with Crippen molar-refractivity contribution in [2.24, 2.45) is 0 Å². The third kappa shape index (κ3) is 7.69. The summed E-state index contributed by atoms with van der Waals surface area (Å²) in [5.41, 5.74) is 2.86. The summed E-state index contributed by atoms with van der Waals surface area (Å²) in [6.45, 7) is 20.6. The van der Waals surface area contributed by atoms with Crippen molar-refractivity contribution in [1.29, 1.82) is 0 Å². The molecule has 0 saturated heterocycles. The molecule has 25 heavy (non-hydrogen) atoms. The Morgan fingerprint density at radius 3 is 1.68 bits per heavy atom. The molecule has 0 fully saturated rings. The second kappa shape index (κ2) is 15.1. The van der Waals surface area contributed by atoms with E-state index in [1.54, 1.807) is 14.2 Å². The van der Waals surface area contributed by atoms with Gasteiger partial charge in [0.2, 0.25) is 0 Å². The van der Waals surface area contributed by atoms with Gasteiger partial charge in [-0.15, -0.1) is 0 Å². The van der Waals surface area contributed by atoms with E-state index in [1.165, 1.54) is 35.6 Å². The Morgan fingerprint density at radius 1 is 0.840 bits per heavy atom. The van der Waals surface area contributed by atoms with Crippen molar-refractivity contribution in [2.75, 3.05) is 14.2 Å². The van der Waals surface area contributed by atoms with Crippen molar-refractivity contribution in [1.82, 2.24) is 0 Å². The molecule has 0 bridgehead atoms. The standard InChI is InChI=1S/C15H24O2Si.3CO.Cr/c1-16-14-12-9-7-6-8-11(12)10-13(15(14)17-2)18(3,4)5;3*1-2;/h10H,6-9H2,1-5H3;;;;. The molecule has 1 aromatic carbocycles. The van der Waals surface area contributed by atoms with E-state index in [4.69, 9.17) is 23.4 Å². The molecule has 0 unspecified atom stereocenters. The van der Waals surface area contributed by atoms with Gasteiger partial charge in [0, 0.05) is 22.9 Å². The summed E-state index contributed by atoms with van der Waals surface area (Å²) < 4.78 is 33.8. The number of benzene rings is 1. The molecule has 7 heteroatoms. The zero-order valence-corrected chi connectivity index (χ0v) is 17.6. The fourth-order valence-electron chi connectivity index (χ4n) is 2.82. The number of hydrogen-bond donors (Lipinski definition) is 0. The van der Waals surface area contributed by atoms with E-state index in [-0.39, 0.29) is 17.4 Å². The first-order valence-corrected chi connectivity index (χ1v) is 10.9. The first-order chi connectivity index (χ1) is 11.5. The largest absolute Gasteiger partial charge is 0 e. The minimum Gasteiger partial charge on any atom is 0 e. The SMILES string of the molecule is COc1c([Si](C)(C)C)cc2c(c1OC)CCCC2.[C-]#[O+].[C-]#[O+].[C-]#[O+].[Cr]. The average molecular weight is 400 g/mol. The van der Waals surface area contributed by atoms with Crippen LogP contribution in [0.1, 0.15) is 24.0 Å². The summed E-state index contributed by atoms with van der Waals surface area (Å²) in [5, 5.41) is 1.39. The topological polar surface area (TPSA) is 78.2 Å². The van der Waals surface area contributed by atoms with Gasteiger partial charge in [-0.25, -0.2) is 0 Å². The molecule has 1 aromatic rings. The number of aryl methyl sites for hydroxylation is 1. The van der Waals surface area contributed by atoms with Gasteiger partial charge in [0.05, 0.1) is 22.3 Å². The molecule has 0 spiro atoms. The van der Waals surface area contributed by atoms with E-state index in [0.717, 1.165) is 17.9 Å². The summed E-state index contributed by atoms with van der Waals surface area (Å²) in [7, 11) is 2.11. The zero-order valence-electron chi connectivity index (χ0n) is 15.4. The minimum absolute atomic E-state index is 0. The van der Waals surface area contributed by atoms with E-state index in [1.807, 2.05) is 0 Å². The van der Waals surface area contributed by atoms with Gasteiger partial charge in [-0.3, -0.25) is 0 Å². The molecule has 0 heterocycles. The van der Waals surface area contributed by atoms with Gasteiger partial charge in [0.1, 0.15) is 0 Å². The van der Waals surface area contributed by atoms with Crippen molar-refractivity contribution < 1.29 is 40.8 Å². The molecule has 0 N–H and O–H groups in total. The van der Waals surface area contributed by atoms with E-state index in [9.17, 15) is 0 Å². The zero-order chi connectivity index (χ0) is 19.3. The smallest absolute Gasteiger partial charge is 0 e. The van der Waals surface area contributed by atoms with E-state index in [2.05, 4.69) is 45.7 Å². The predicted molar refractivity (Wildman–Crippen MR) is 91.0 cm³/mol. The van der Waals surface area contributed by atoms with E-state index < -0.39 is 8.07 Å². The number of rotatable bonds is 3. The first kappa shape index (κ1) is 28.6. The van der Waals surface area contributed by atoms with Crippen LogP contribution in [0, 0.1) is 20.0 Å². The fourth-order valence-corrected chi connectivity index (χ4v) is 4.33. The molecule has 136 valence electrons. The second-order valence-corrected chi connectivity index (χ2v) is 11.1. The van der Waals surface area contributed by atoms with Crippen LogP contribution in [0.4, 0.5) is 0 Å². The van der Waals surface area contributed by atoms with Gasteiger partial charge in [0.15, 0.2) is 11.5 Å². The number of methoxy groups -OCH3 is 2. The van der Waals surface area contributed by atoms with E-state index in [0.29, 0.717) is 0 Å². The summed E-state index contributed by atoms with van der Waals surface area (Å²) in [6, 6.07) is 2.39. The maximum absolute atomic E-state index is 7.50. The molecule has 0 aliphatic heterocycles. The van der Waals surface area contributed by atoms with Gasteiger partial charge in [-0.05, 0) is 36.4 Å². The Kier molecular flexibility index (Phi) is 17.2. The molecule has 2 rings (SSSR count).